The number of aryl methyl sites for hydroxylation is 1. The zero-order chi connectivity index (χ0) is 13.0. The summed E-state index contributed by atoms with van der Waals surface area (Å²) in [5.41, 5.74) is 5.78. The van der Waals surface area contributed by atoms with Crippen LogP contribution in [-0.4, -0.2) is 28.0 Å². The summed E-state index contributed by atoms with van der Waals surface area (Å²) >= 11 is 0. The number of aromatic nitrogens is 2. The molecule has 2 N–H and O–H groups in total. The van der Waals surface area contributed by atoms with Crippen LogP contribution in [-0.2, 0) is 0 Å². The molecule has 17 heavy (non-hydrogen) atoms. The van der Waals surface area contributed by atoms with Crippen molar-refractivity contribution in [3.8, 4) is 0 Å². The number of nitro groups is 1. The molecule has 1 heterocycles. The lowest BCUT2D eigenvalue weighted by molar-refractivity contribution is -0.385. The molecule has 0 fully saturated rings. The van der Waals surface area contributed by atoms with Crippen LogP contribution in [0.2, 0.25) is 0 Å². The molecule has 0 spiro atoms. The first-order valence-electron chi connectivity index (χ1n) is 5.54. The number of nitrogens with two attached hydrogens (primary N) is 1. The van der Waals surface area contributed by atoms with Gasteiger partial charge in [0, 0.05) is 13.1 Å². The minimum atomic E-state index is -0.456. The van der Waals surface area contributed by atoms with Gasteiger partial charge in [0.2, 0.25) is 11.8 Å². The van der Waals surface area contributed by atoms with Crippen molar-refractivity contribution in [1.82, 2.24) is 9.97 Å². The second-order valence-electron chi connectivity index (χ2n) is 3.68. The third kappa shape index (κ3) is 2.80. The van der Waals surface area contributed by atoms with Gasteiger partial charge in [-0.15, -0.1) is 0 Å². The Morgan fingerprint density at radius 2 is 2.06 bits per heavy atom. The zero-order valence-corrected chi connectivity index (χ0v) is 10.3. The molecular weight excluding hydrogens is 222 g/mol. The van der Waals surface area contributed by atoms with E-state index in [-0.39, 0.29) is 11.6 Å². The summed E-state index contributed by atoms with van der Waals surface area (Å²) in [6, 6.07) is 0. The van der Waals surface area contributed by atoms with Gasteiger partial charge in [0.15, 0.2) is 0 Å². The SMILES string of the molecule is CCCN(CC)c1nc(N)nc(C)c1[N+](=O)[O-]. The van der Waals surface area contributed by atoms with E-state index < -0.39 is 4.92 Å². The molecule has 0 aromatic carbocycles. The van der Waals surface area contributed by atoms with E-state index in [4.69, 9.17) is 5.73 Å². The van der Waals surface area contributed by atoms with E-state index >= 15 is 0 Å². The van der Waals surface area contributed by atoms with E-state index in [1.807, 2.05) is 18.7 Å². The van der Waals surface area contributed by atoms with Crippen molar-refractivity contribution in [2.24, 2.45) is 0 Å². The fourth-order valence-corrected chi connectivity index (χ4v) is 1.69. The molecule has 1 aromatic rings. The normalized spacial score (nSPS) is 10.3. The Kier molecular flexibility index (Phi) is 4.19. The number of rotatable bonds is 5. The molecule has 0 saturated heterocycles. The maximum absolute atomic E-state index is 11.0. The molecule has 0 bridgehead atoms. The maximum atomic E-state index is 11.0. The highest BCUT2D eigenvalue weighted by Gasteiger charge is 2.24. The monoisotopic (exact) mass is 239 g/mol. The average Bonchev–Trinajstić information content (AvgIpc) is 2.23. The minimum Gasteiger partial charge on any atom is -0.368 e. The Labute approximate surface area is 99.8 Å². The van der Waals surface area contributed by atoms with Crippen LogP contribution in [0.5, 0.6) is 0 Å². The Balaban J connectivity index is 3.32. The van der Waals surface area contributed by atoms with Gasteiger partial charge in [-0.1, -0.05) is 6.92 Å². The van der Waals surface area contributed by atoms with Crippen LogP contribution in [0.15, 0.2) is 0 Å². The summed E-state index contributed by atoms with van der Waals surface area (Å²) in [5.74, 6) is 0.377. The number of nitrogens with zero attached hydrogens (tertiary/aromatic N) is 4. The number of hydrogen-bond donors (Lipinski definition) is 1. The van der Waals surface area contributed by atoms with E-state index in [1.54, 1.807) is 6.92 Å². The third-order valence-electron chi connectivity index (χ3n) is 2.41. The minimum absolute atomic E-state index is 0.0606. The molecular formula is C10H17N5O2. The Bertz CT molecular complexity index is 421. The van der Waals surface area contributed by atoms with E-state index in [2.05, 4.69) is 9.97 Å². The van der Waals surface area contributed by atoms with Gasteiger partial charge in [0.1, 0.15) is 5.69 Å². The topological polar surface area (TPSA) is 98.2 Å². The molecule has 7 heteroatoms. The average molecular weight is 239 g/mol. The Hall–Kier alpha value is -1.92. The lowest BCUT2D eigenvalue weighted by Gasteiger charge is -2.21. The van der Waals surface area contributed by atoms with Crippen molar-refractivity contribution < 1.29 is 4.92 Å². The van der Waals surface area contributed by atoms with Gasteiger partial charge >= 0.3 is 5.69 Å². The van der Waals surface area contributed by atoms with Crippen molar-refractivity contribution in [3.63, 3.8) is 0 Å². The fraction of sp³-hybridized carbons (Fsp3) is 0.600. The lowest BCUT2D eigenvalue weighted by atomic mass is 10.3. The highest BCUT2D eigenvalue weighted by molar-refractivity contribution is 5.61. The van der Waals surface area contributed by atoms with Gasteiger partial charge in [-0.3, -0.25) is 10.1 Å². The summed E-state index contributed by atoms with van der Waals surface area (Å²) in [6.07, 6.45) is 0.883. The molecule has 0 amide bonds. The van der Waals surface area contributed by atoms with Crippen molar-refractivity contribution in [2.45, 2.75) is 27.2 Å². The lowest BCUT2D eigenvalue weighted by Crippen LogP contribution is -2.26. The van der Waals surface area contributed by atoms with Crippen LogP contribution < -0.4 is 10.6 Å². The molecule has 0 atom stereocenters. The van der Waals surface area contributed by atoms with Crippen molar-refractivity contribution in [1.29, 1.82) is 0 Å². The van der Waals surface area contributed by atoms with Crippen LogP contribution in [0.25, 0.3) is 0 Å². The van der Waals surface area contributed by atoms with Crippen molar-refractivity contribution >= 4 is 17.5 Å². The Morgan fingerprint density at radius 3 is 2.53 bits per heavy atom. The van der Waals surface area contributed by atoms with Gasteiger partial charge < -0.3 is 10.6 Å². The van der Waals surface area contributed by atoms with Gasteiger partial charge in [0.25, 0.3) is 0 Å². The molecule has 0 unspecified atom stereocenters. The quantitative estimate of drug-likeness (QED) is 0.617. The highest BCUT2D eigenvalue weighted by atomic mass is 16.6. The largest absolute Gasteiger partial charge is 0.368 e. The van der Waals surface area contributed by atoms with E-state index in [0.717, 1.165) is 6.42 Å². The van der Waals surface area contributed by atoms with Gasteiger partial charge in [0.05, 0.1) is 4.92 Å². The molecule has 1 rings (SSSR count). The predicted molar refractivity (Wildman–Crippen MR) is 66.0 cm³/mol. The zero-order valence-electron chi connectivity index (χ0n) is 10.3. The highest BCUT2D eigenvalue weighted by Crippen LogP contribution is 2.29. The van der Waals surface area contributed by atoms with Crippen molar-refractivity contribution in [2.75, 3.05) is 23.7 Å². The molecule has 94 valence electrons. The standard InChI is InChI=1S/C10H17N5O2/c1-4-6-14(5-2)9-8(15(16)17)7(3)12-10(11)13-9/h4-6H2,1-3H3,(H2,11,12,13). The summed E-state index contributed by atoms with van der Waals surface area (Å²) < 4.78 is 0. The summed E-state index contributed by atoms with van der Waals surface area (Å²) in [4.78, 5) is 20.2. The first kappa shape index (κ1) is 13.1. The number of hydrogen-bond acceptors (Lipinski definition) is 6. The molecule has 0 aliphatic carbocycles. The third-order valence-corrected chi connectivity index (χ3v) is 2.41. The summed E-state index contributed by atoms with van der Waals surface area (Å²) in [5, 5.41) is 11.0. The van der Waals surface area contributed by atoms with E-state index in [0.29, 0.717) is 24.6 Å². The molecule has 0 aliphatic heterocycles. The summed E-state index contributed by atoms with van der Waals surface area (Å²) in [6.45, 7) is 6.84. The maximum Gasteiger partial charge on any atom is 0.332 e. The second kappa shape index (κ2) is 5.42. The van der Waals surface area contributed by atoms with E-state index in [1.165, 1.54) is 0 Å². The molecule has 1 aromatic heterocycles. The van der Waals surface area contributed by atoms with Gasteiger partial charge in [-0.25, -0.2) is 4.98 Å². The molecule has 0 radical (unpaired) electrons. The van der Waals surface area contributed by atoms with Gasteiger partial charge in [-0.2, -0.15) is 4.98 Å². The summed E-state index contributed by atoms with van der Waals surface area (Å²) in [7, 11) is 0. The van der Waals surface area contributed by atoms with Gasteiger partial charge in [-0.05, 0) is 20.3 Å². The van der Waals surface area contributed by atoms with Crippen molar-refractivity contribution in [3.05, 3.63) is 15.8 Å². The van der Waals surface area contributed by atoms with E-state index in [9.17, 15) is 10.1 Å². The Morgan fingerprint density at radius 1 is 1.41 bits per heavy atom. The van der Waals surface area contributed by atoms with Crippen LogP contribution in [0.4, 0.5) is 17.5 Å². The smallest absolute Gasteiger partial charge is 0.332 e. The molecule has 7 nitrogen and oxygen atoms in total. The predicted octanol–water partition coefficient (Wildman–Crippen LogP) is 1.51. The van der Waals surface area contributed by atoms with Crippen LogP contribution in [0, 0.1) is 17.0 Å². The molecule has 0 aliphatic rings. The van der Waals surface area contributed by atoms with Crippen LogP contribution in [0.3, 0.4) is 0 Å². The first-order chi connectivity index (χ1) is 8.01. The second-order valence-corrected chi connectivity index (χ2v) is 3.68. The number of anilines is 2. The molecule has 0 saturated carbocycles. The van der Waals surface area contributed by atoms with Crippen LogP contribution in [0.1, 0.15) is 26.0 Å². The van der Waals surface area contributed by atoms with Crippen LogP contribution >= 0.6 is 0 Å². The fourth-order valence-electron chi connectivity index (χ4n) is 1.69. The first-order valence-corrected chi connectivity index (χ1v) is 5.54. The number of nitrogen functional groups attached to an aromatic ring is 1.